The van der Waals surface area contributed by atoms with E-state index in [2.05, 4.69) is 196 Å². The fourth-order valence-corrected chi connectivity index (χ4v) is 10.5. The van der Waals surface area contributed by atoms with Crippen molar-refractivity contribution in [1.82, 2.24) is 0 Å². The summed E-state index contributed by atoms with van der Waals surface area (Å²) in [6.45, 7) is 4.27. The molecule has 0 aromatic carbocycles. The SMILES string of the molecule is CC/C=C\C/C=C\C/C=C\C/C=C\C/C=C\C/C=C\C/C=C\C/C=C\C/C=C\C/C=C\C/C=C\C/C=C\CCCCCCC(=O)OC(COC(=O)CCCCCCCCCCCCCCCC/C=C\C/C=C\C/C=C\CCCCCCC)COP(=O)(O)OCC[N+](C)(C)C. The molecule has 2 atom stereocenters. The highest BCUT2D eigenvalue weighted by molar-refractivity contribution is 7.47. The predicted molar refractivity (Wildman–Crippen MR) is 408 cm³/mol. The number of rotatable bonds is 67. The van der Waals surface area contributed by atoms with Gasteiger partial charge in [0.2, 0.25) is 0 Å². The number of allylic oxidation sites excluding steroid dienone is 30. The van der Waals surface area contributed by atoms with Crippen LogP contribution in [0.5, 0.6) is 0 Å². The van der Waals surface area contributed by atoms with E-state index in [1.54, 1.807) is 0 Å². The number of ether oxygens (including phenoxy) is 2. The fraction of sp³-hybridized carbons (Fsp3) is 0.619. The molecular formula is C84H139NO8P+. The second-order valence-corrected chi connectivity index (χ2v) is 27.0. The number of quaternary nitrogens is 1. The molecule has 532 valence electrons. The zero-order valence-electron chi connectivity index (χ0n) is 60.6. The lowest BCUT2D eigenvalue weighted by Crippen LogP contribution is -2.37. The van der Waals surface area contributed by atoms with Gasteiger partial charge in [-0.15, -0.1) is 0 Å². The Labute approximate surface area is 578 Å². The second-order valence-electron chi connectivity index (χ2n) is 25.6. The average Bonchev–Trinajstić information content (AvgIpc) is 1.57. The quantitative estimate of drug-likeness (QED) is 0.0211. The van der Waals surface area contributed by atoms with Gasteiger partial charge < -0.3 is 18.9 Å². The van der Waals surface area contributed by atoms with Gasteiger partial charge in [-0.25, -0.2) is 4.57 Å². The monoisotopic (exact) mass is 1320 g/mol. The zero-order chi connectivity index (χ0) is 68.3. The number of hydrogen-bond acceptors (Lipinski definition) is 7. The minimum atomic E-state index is -4.41. The lowest BCUT2D eigenvalue weighted by molar-refractivity contribution is -0.870. The first-order valence-corrected chi connectivity index (χ1v) is 39.0. The maximum atomic E-state index is 12.9. The first kappa shape index (κ1) is 89.1. The van der Waals surface area contributed by atoms with Crippen LogP contribution in [0.25, 0.3) is 0 Å². The summed E-state index contributed by atoms with van der Waals surface area (Å²) in [4.78, 5) is 35.9. The predicted octanol–water partition coefficient (Wildman–Crippen LogP) is 25.0. The summed E-state index contributed by atoms with van der Waals surface area (Å²) in [7, 11) is 1.44. The summed E-state index contributed by atoms with van der Waals surface area (Å²) in [5.41, 5.74) is 0. The standard InChI is InChI=1S/C84H138NO8P/c1-6-8-10-12-14-16-18-20-22-24-26-28-30-32-34-36-37-38-39-40-41-42-43-44-45-46-47-49-51-53-55-57-59-61-63-65-67-69-71-73-75-77-84(87)93-82(81-92-94(88,89)91-79-78-85(3,4)5)80-90-83(86)76-74-72-70-68-66-64-62-60-58-56-54-52-50-48-35-33-31-29-27-25-23-21-19-17-15-13-11-9-7-2/h8,10,14,16,19-22,25-28,31-34,37-38,40-41,43-44,46-47,51,53,57,59,63,65,82H,6-7,9,11-13,15,17-18,23-24,29-30,35-36,39,42,45,48-50,52,54-56,58,60-62,64,66-81H2,1-5H3/p+1/b10-8-,16-14-,21-19-,22-20-,27-25-,28-26-,33-31-,34-32-,38-37-,41-40-,44-43-,47-46-,53-51-,59-57-,65-63-. The number of nitrogens with zero attached hydrogens (tertiary/aromatic N) is 1. The topological polar surface area (TPSA) is 108 Å². The van der Waals surface area contributed by atoms with Gasteiger partial charge in [-0.1, -0.05) is 312 Å². The van der Waals surface area contributed by atoms with Gasteiger partial charge in [-0.3, -0.25) is 18.6 Å². The first-order chi connectivity index (χ1) is 46.0. The van der Waals surface area contributed by atoms with E-state index < -0.39 is 26.5 Å². The molecule has 9 nitrogen and oxygen atoms in total. The highest BCUT2D eigenvalue weighted by atomic mass is 31.2. The van der Waals surface area contributed by atoms with E-state index in [0.717, 1.165) is 135 Å². The molecule has 1 N–H and O–H groups in total. The molecule has 2 unspecified atom stereocenters. The van der Waals surface area contributed by atoms with Crippen molar-refractivity contribution >= 4 is 19.8 Å². The molecule has 0 rings (SSSR count). The molecular weight excluding hydrogens is 1180 g/mol. The molecule has 10 heteroatoms. The van der Waals surface area contributed by atoms with Crippen LogP contribution in [-0.4, -0.2) is 74.9 Å². The van der Waals surface area contributed by atoms with E-state index in [4.69, 9.17) is 18.5 Å². The van der Waals surface area contributed by atoms with Crippen LogP contribution in [0, 0.1) is 0 Å². The number of hydrogen-bond donors (Lipinski definition) is 1. The fourth-order valence-electron chi connectivity index (χ4n) is 9.71. The van der Waals surface area contributed by atoms with E-state index >= 15 is 0 Å². The molecule has 0 amide bonds. The van der Waals surface area contributed by atoms with Gasteiger partial charge in [0.05, 0.1) is 27.7 Å². The summed E-state index contributed by atoms with van der Waals surface area (Å²) in [5, 5.41) is 0. The Morgan fingerprint density at radius 1 is 0.340 bits per heavy atom. The number of unbranched alkanes of at least 4 members (excludes halogenated alkanes) is 23. The Morgan fingerprint density at radius 2 is 0.606 bits per heavy atom. The molecule has 0 saturated carbocycles. The van der Waals surface area contributed by atoms with Crippen molar-refractivity contribution in [3.63, 3.8) is 0 Å². The van der Waals surface area contributed by atoms with Crippen molar-refractivity contribution in [2.24, 2.45) is 0 Å². The van der Waals surface area contributed by atoms with E-state index in [1.807, 2.05) is 21.1 Å². The van der Waals surface area contributed by atoms with Crippen LogP contribution >= 0.6 is 7.82 Å². The second kappa shape index (κ2) is 72.4. The maximum Gasteiger partial charge on any atom is 0.472 e. The minimum absolute atomic E-state index is 0.0173. The summed E-state index contributed by atoms with van der Waals surface area (Å²) < 4.78 is 34.7. The van der Waals surface area contributed by atoms with Crippen LogP contribution in [0.2, 0.25) is 0 Å². The molecule has 0 aliphatic rings. The van der Waals surface area contributed by atoms with Gasteiger partial charge in [-0.2, -0.15) is 0 Å². The van der Waals surface area contributed by atoms with E-state index in [1.165, 1.54) is 116 Å². The third kappa shape index (κ3) is 76.1. The third-order valence-corrected chi connectivity index (χ3v) is 16.4. The Morgan fingerprint density at radius 3 is 0.904 bits per heavy atom. The molecule has 0 saturated heterocycles. The van der Waals surface area contributed by atoms with Gasteiger partial charge in [0.15, 0.2) is 6.10 Å². The van der Waals surface area contributed by atoms with Crippen molar-refractivity contribution in [1.29, 1.82) is 0 Å². The van der Waals surface area contributed by atoms with E-state index in [-0.39, 0.29) is 32.0 Å². The number of phosphoric ester groups is 1. The summed E-state index contributed by atoms with van der Waals surface area (Å²) in [6.07, 6.45) is 111. The molecule has 0 bridgehead atoms. The lowest BCUT2D eigenvalue weighted by atomic mass is 10.0. The number of carbonyl (C=O) groups excluding carboxylic acids is 2. The van der Waals surface area contributed by atoms with Crippen molar-refractivity contribution < 1.29 is 42.1 Å². The highest BCUT2D eigenvalue weighted by Crippen LogP contribution is 2.43. The molecule has 94 heavy (non-hydrogen) atoms. The van der Waals surface area contributed by atoms with E-state index in [0.29, 0.717) is 17.4 Å². The number of carbonyl (C=O) groups is 2. The van der Waals surface area contributed by atoms with Crippen LogP contribution in [-0.2, 0) is 32.7 Å². The van der Waals surface area contributed by atoms with Gasteiger partial charge in [-0.05, 0) is 141 Å². The van der Waals surface area contributed by atoms with Crippen molar-refractivity contribution in [2.75, 3.05) is 47.5 Å². The Kier molecular flexibility index (Phi) is 68.6. The van der Waals surface area contributed by atoms with Crippen molar-refractivity contribution in [3.05, 3.63) is 182 Å². The first-order valence-electron chi connectivity index (χ1n) is 37.5. The Balaban J connectivity index is 4.16. The van der Waals surface area contributed by atoms with Crippen molar-refractivity contribution in [3.8, 4) is 0 Å². The molecule has 0 aliphatic heterocycles. The largest absolute Gasteiger partial charge is 0.472 e. The van der Waals surface area contributed by atoms with Crippen LogP contribution in [0.4, 0.5) is 0 Å². The molecule has 0 heterocycles. The number of esters is 2. The Bertz CT molecular complexity index is 2240. The van der Waals surface area contributed by atoms with Gasteiger partial charge in [0.1, 0.15) is 19.8 Å². The highest BCUT2D eigenvalue weighted by Gasteiger charge is 2.27. The smallest absolute Gasteiger partial charge is 0.462 e. The van der Waals surface area contributed by atoms with Gasteiger partial charge in [0, 0.05) is 12.8 Å². The average molecular weight is 1320 g/mol. The lowest BCUT2D eigenvalue weighted by Gasteiger charge is -2.24. The normalized spacial score (nSPS) is 14.1. The van der Waals surface area contributed by atoms with Crippen LogP contribution in [0.3, 0.4) is 0 Å². The van der Waals surface area contributed by atoms with Crippen molar-refractivity contribution in [2.45, 2.75) is 290 Å². The molecule has 0 aromatic heterocycles. The van der Waals surface area contributed by atoms with Crippen LogP contribution in [0.15, 0.2) is 182 Å². The minimum Gasteiger partial charge on any atom is -0.462 e. The number of likely N-dealkylation sites (N-methyl/N-ethyl adjacent to an activating group) is 1. The van der Waals surface area contributed by atoms with Gasteiger partial charge in [0.25, 0.3) is 0 Å². The molecule has 0 radical (unpaired) electrons. The van der Waals surface area contributed by atoms with Crippen LogP contribution < -0.4 is 0 Å². The zero-order valence-corrected chi connectivity index (χ0v) is 61.5. The van der Waals surface area contributed by atoms with Crippen LogP contribution in [0.1, 0.15) is 284 Å². The molecule has 0 spiro atoms. The summed E-state index contributed by atoms with van der Waals surface area (Å²) in [6, 6.07) is 0. The maximum absolute atomic E-state index is 12.9. The number of phosphoric acid groups is 1. The Hall–Kier alpha value is -4.89. The molecule has 0 aliphatic carbocycles. The molecule has 0 fully saturated rings. The third-order valence-electron chi connectivity index (χ3n) is 15.4. The molecule has 0 aromatic rings. The van der Waals surface area contributed by atoms with Gasteiger partial charge >= 0.3 is 19.8 Å². The van der Waals surface area contributed by atoms with E-state index in [9.17, 15) is 19.0 Å². The summed E-state index contributed by atoms with van der Waals surface area (Å²) in [5.74, 6) is -0.835. The summed E-state index contributed by atoms with van der Waals surface area (Å²) >= 11 is 0.